The molecule has 0 saturated carbocycles. The third-order valence-corrected chi connectivity index (χ3v) is 3.20. The Hall–Kier alpha value is -3.16. The summed E-state index contributed by atoms with van der Waals surface area (Å²) in [4.78, 5) is 22.9. The summed E-state index contributed by atoms with van der Waals surface area (Å²) >= 11 is 0. The van der Waals surface area contributed by atoms with Crippen molar-refractivity contribution in [1.82, 2.24) is 9.78 Å². The van der Waals surface area contributed by atoms with Crippen molar-refractivity contribution < 1.29 is 18.9 Å². The Morgan fingerprint density at radius 1 is 1.33 bits per heavy atom. The molecule has 1 aromatic carbocycles. The molecule has 0 aliphatic carbocycles. The van der Waals surface area contributed by atoms with Crippen molar-refractivity contribution in [2.24, 2.45) is 0 Å². The number of nitrogens with zero attached hydrogens (tertiary/aromatic N) is 3. The third kappa shape index (κ3) is 2.85. The fourth-order valence-corrected chi connectivity index (χ4v) is 2.26. The number of aromatic nitrogens is 2. The van der Waals surface area contributed by atoms with Gasteiger partial charge in [0.1, 0.15) is 11.3 Å². The molecule has 0 atom stereocenters. The Kier molecular flexibility index (Phi) is 3.59. The molecule has 0 amide bonds. The normalized spacial score (nSPS) is 11.6. The zero-order chi connectivity index (χ0) is 17.5. The molecule has 0 radical (unpaired) electrons. The molecule has 2 aromatic heterocycles. The van der Waals surface area contributed by atoms with Gasteiger partial charge in [-0.15, -0.1) is 0 Å². The Bertz CT molecular complexity index is 919. The Morgan fingerprint density at radius 2 is 2.08 bits per heavy atom. The van der Waals surface area contributed by atoms with E-state index in [1.54, 1.807) is 39.0 Å². The largest absolute Gasteiger partial charge is 0.463 e. The van der Waals surface area contributed by atoms with E-state index in [4.69, 9.17) is 9.15 Å². The highest BCUT2D eigenvalue weighted by atomic mass is 16.6. The van der Waals surface area contributed by atoms with E-state index in [1.807, 2.05) is 0 Å². The molecule has 0 aliphatic heterocycles. The van der Waals surface area contributed by atoms with Crippen molar-refractivity contribution in [3.8, 4) is 11.5 Å². The second kappa shape index (κ2) is 5.48. The molecule has 124 valence electrons. The highest BCUT2D eigenvalue weighted by Gasteiger charge is 2.24. The summed E-state index contributed by atoms with van der Waals surface area (Å²) in [6.45, 7) is 5.19. The molecule has 0 saturated heterocycles. The third-order valence-electron chi connectivity index (χ3n) is 3.20. The quantitative estimate of drug-likeness (QED) is 0.520. The summed E-state index contributed by atoms with van der Waals surface area (Å²) < 4.78 is 11.7. The molecule has 8 heteroatoms. The van der Waals surface area contributed by atoms with Crippen LogP contribution in [0.2, 0.25) is 0 Å². The van der Waals surface area contributed by atoms with E-state index in [0.717, 1.165) is 4.68 Å². The molecule has 0 spiro atoms. The molecule has 0 unspecified atom stereocenters. The fourth-order valence-electron chi connectivity index (χ4n) is 2.26. The molecule has 24 heavy (non-hydrogen) atoms. The molecule has 2 heterocycles. The van der Waals surface area contributed by atoms with E-state index in [0.29, 0.717) is 16.8 Å². The van der Waals surface area contributed by atoms with Crippen LogP contribution in [0.5, 0.6) is 0 Å². The van der Waals surface area contributed by atoms with Crippen LogP contribution in [0, 0.1) is 10.1 Å². The van der Waals surface area contributed by atoms with Gasteiger partial charge in [0.15, 0.2) is 5.76 Å². The van der Waals surface area contributed by atoms with Crippen LogP contribution in [-0.4, -0.2) is 26.4 Å². The van der Waals surface area contributed by atoms with Gasteiger partial charge in [-0.3, -0.25) is 10.1 Å². The van der Waals surface area contributed by atoms with Gasteiger partial charge in [0.2, 0.25) is 0 Å². The zero-order valence-electron chi connectivity index (χ0n) is 13.3. The van der Waals surface area contributed by atoms with Crippen LogP contribution < -0.4 is 0 Å². The number of carbonyl (C=O) groups is 1. The molecule has 3 aromatic rings. The molecule has 0 aliphatic rings. The maximum Gasteiger partial charge on any atom is 0.435 e. The van der Waals surface area contributed by atoms with E-state index in [9.17, 15) is 14.9 Å². The van der Waals surface area contributed by atoms with Crippen molar-refractivity contribution >= 4 is 22.7 Å². The van der Waals surface area contributed by atoms with Crippen LogP contribution in [0.25, 0.3) is 22.4 Å². The number of benzene rings is 1. The van der Waals surface area contributed by atoms with Gasteiger partial charge in [0.05, 0.1) is 16.7 Å². The minimum Gasteiger partial charge on any atom is -0.463 e. The minimum atomic E-state index is -0.721. The van der Waals surface area contributed by atoms with Crippen LogP contribution in [0.15, 0.2) is 41.0 Å². The van der Waals surface area contributed by atoms with Gasteiger partial charge in [-0.05, 0) is 39.0 Å². The van der Waals surface area contributed by atoms with E-state index >= 15 is 0 Å². The van der Waals surface area contributed by atoms with Crippen LogP contribution in [0.3, 0.4) is 0 Å². The monoisotopic (exact) mass is 329 g/mol. The lowest BCUT2D eigenvalue weighted by atomic mass is 10.1. The van der Waals surface area contributed by atoms with Gasteiger partial charge < -0.3 is 9.15 Å². The lowest BCUT2D eigenvalue weighted by Crippen LogP contribution is -2.27. The molecular weight excluding hydrogens is 314 g/mol. The Morgan fingerprint density at radius 3 is 2.67 bits per heavy atom. The molecular formula is C16H15N3O5. The average molecular weight is 329 g/mol. The smallest absolute Gasteiger partial charge is 0.435 e. The van der Waals surface area contributed by atoms with Crippen molar-refractivity contribution in [2.45, 2.75) is 26.4 Å². The number of furan rings is 1. The first-order valence-corrected chi connectivity index (χ1v) is 7.21. The van der Waals surface area contributed by atoms with Crippen molar-refractivity contribution in [1.29, 1.82) is 0 Å². The molecule has 0 fully saturated rings. The predicted molar refractivity (Wildman–Crippen MR) is 85.7 cm³/mol. The van der Waals surface area contributed by atoms with Crippen LogP contribution >= 0.6 is 0 Å². The van der Waals surface area contributed by atoms with Crippen molar-refractivity contribution in [2.75, 3.05) is 0 Å². The van der Waals surface area contributed by atoms with E-state index < -0.39 is 16.6 Å². The molecule has 8 nitrogen and oxygen atoms in total. The van der Waals surface area contributed by atoms with Gasteiger partial charge in [-0.2, -0.15) is 9.78 Å². The van der Waals surface area contributed by atoms with Gasteiger partial charge >= 0.3 is 6.09 Å². The number of ether oxygens (including phenoxy) is 1. The molecule has 0 N–H and O–H groups in total. The number of non-ortho nitro benzene ring substituents is 1. The van der Waals surface area contributed by atoms with E-state index in [-0.39, 0.29) is 11.2 Å². The highest BCUT2D eigenvalue weighted by Crippen LogP contribution is 2.31. The maximum absolute atomic E-state index is 12.4. The second-order valence-corrected chi connectivity index (χ2v) is 6.18. The summed E-state index contributed by atoms with van der Waals surface area (Å²) in [6, 6.07) is 7.58. The van der Waals surface area contributed by atoms with Crippen molar-refractivity contribution in [3.63, 3.8) is 0 Å². The number of hydrogen-bond donors (Lipinski definition) is 0. The topological polar surface area (TPSA) is 100 Å². The fraction of sp³-hybridized carbons (Fsp3) is 0.250. The Balaban J connectivity index is 2.21. The summed E-state index contributed by atoms with van der Waals surface area (Å²) in [5, 5.41) is 15.8. The lowest BCUT2D eigenvalue weighted by Gasteiger charge is -2.19. The van der Waals surface area contributed by atoms with Crippen LogP contribution in [0.1, 0.15) is 20.8 Å². The van der Waals surface area contributed by atoms with Crippen LogP contribution in [0.4, 0.5) is 10.5 Å². The first-order chi connectivity index (χ1) is 11.3. The first kappa shape index (κ1) is 15.7. The van der Waals surface area contributed by atoms with E-state index in [2.05, 4.69) is 5.10 Å². The number of nitro benzene ring substituents is 1. The number of hydrogen-bond acceptors (Lipinski definition) is 6. The van der Waals surface area contributed by atoms with Crippen molar-refractivity contribution in [3.05, 3.63) is 46.7 Å². The predicted octanol–water partition coefficient (Wildman–Crippen LogP) is 3.99. The zero-order valence-corrected chi connectivity index (χ0v) is 13.3. The molecule has 0 bridgehead atoms. The van der Waals surface area contributed by atoms with Gasteiger partial charge in [0, 0.05) is 17.5 Å². The molecule has 3 rings (SSSR count). The van der Waals surface area contributed by atoms with Crippen LogP contribution in [-0.2, 0) is 4.74 Å². The summed E-state index contributed by atoms with van der Waals surface area (Å²) in [5.74, 6) is 0.455. The van der Waals surface area contributed by atoms with Gasteiger partial charge in [0.25, 0.3) is 5.69 Å². The lowest BCUT2D eigenvalue weighted by molar-refractivity contribution is -0.384. The number of nitro groups is 1. The minimum absolute atomic E-state index is 0.141. The van der Waals surface area contributed by atoms with Gasteiger partial charge in [-0.25, -0.2) is 4.79 Å². The summed E-state index contributed by atoms with van der Waals surface area (Å²) in [7, 11) is 0. The number of fused-ring (bicyclic) bond motifs is 1. The summed E-state index contributed by atoms with van der Waals surface area (Å²) in [6.07, 6.45) is 0.768. The van der Waals surface area contributed by atoms with Gasteiger partial charge in [-0.1, -0.05) is 0 Å². The first-order valence-electron chi connectivity index (χ1n) is 7.21. The average Bonchev–Trinajstić information content (AvgIpc) is 3.11. The maximum atomic E-state index is 12.4. The standard InChI is InChI=1S/C16H15N3O5/c1-16(2,3)24-15(20)18-12-9-10(19(21)22)6-7-11(12)14(17-18)13-5-4-8-23-13/h4-9H,1-3H3. The summed E-state index contributed by atoms with van der Waals surface area (Å²) in [5.41, 5.74) is -0.167. The highest BCUT2D eigenvalue weighted by molar-refractivity contribution is 5.97. The number of rotatable bonds is 2. The Labute approximate surface area is 136 Å². The van der Waals surface area contributed by atoms with E-state index in [1.165, 1.54) is 18.4 Å². The second-order valence-electron chi connectivity index (χ2n) is 6.18. The SMILES string of the molecule is CC(C)(C)OC(=O)n1nc(-c2ccco2)c2ccc([N+](=O)[O-])cc21. The number of carbonyl (C=O) groups excluding carboxylic acids is 1.